The SMILES string of the molecule is CCCCCCC(C)NCC(OC)OC. The Morgan fingerprint density at radius 1 is 1.07 bits per heavy atom. The predicted octanol–water partition coefficient (Wildman–Crippen LogP) is 2.55. The number of nitrogens with one attached hydrogen (secondary N) is 1. The molecule has 92 valence electrons. The molecular weight excluding hydrogens is 190 g/mol. The van der Waals surface area contributed by atoms with Crippen LogP contribution in [0.1, 0.15) is 46.0 Å². The summed E-state index contributed by atoms with van der Waals surface area (Å²) in [5.74, 6) is 0. The minimum absolute atomic E-state index is 0.122. The molecule has 0 aromatic rings. The summed E-state index contributed by atoms with van der Waals surface area (Å²) in [5.41, 5.74) is 0. The van der Waals surface area contributed by atoms with Crippen molar-refractivity contribution in [1.82, 2.24) is 5.32 Å². The van der Waals surface area contributed by atoms with E-state index in [4.69, 9.17) is 9.47 Å². The molecule has 3 heteroatoms. The number of methoxy groups -OCH3 is 2. The topological polar surface area (TPSA) is 30.5 Å². The Labute approximate surface area is 94.5 Å². The van der Waals surface area contributed by atoms with E-state index in [1.807, 2.05) is 0 Å². The Hall–Kier alpha value is -0.120. The van der Waals surface area contributed by atoms with Crippen LogP contribution in [0.25, 0.3) is 0 Å². The van der Waals surface area contributed by atoms with Gasteiger partial charge < -0.3 is 14.8 Å². The van der Waals surface area contributed by atoms with Crippen molar-refractivity contribution in [2.45, 2.75) is 58.3 Å². The predicted molar refractivity (Wildman–Crippen MR) is 64.0 cm³/mol. The van der Waals surface area contributed by atoms with Gasteiger partial charge in [0, 0.05) is 26.8 Å². The quantitative estimate of drug-likeness (QED) is 0.450. The maximum Gasteiger partial charge on any atom is 0.169 e. The lowest BCUT2D eigenvalue weighted by molar-refractivity contribution is -0.0997. The van der Waals surface area contributed by atoms with Crippen LogP contribution in [0.3, 0.4) is 0 Å². The molecule has 0 fully saturated rings. The van der Waals surface area contributed by atoms with Crippen LogP contribution in [0, 0.1) is 0 Å². The molecule has 0 radical (unpaired) electrons. The summed E-state index contributed by atoms with van der Waals surface area (Å²) in [7, 11) is 3.34. The van der Waals surface area contributed by atoms with Gasteiger partial charge in [0.15, 0.2) is 6.29 Å². The summed E-state index contributed by atoms with van der Waals surface area (Å²) in [4.78, 5) is 0. The van der Waals surface area contributed by atoms with Gasteiger partial charge in [-0.15, -0.1) is 0 Å². The maximum atomic E-state index is 5.11. The molecule has 15 heavy (non-hydrogen) atoms. The number of hydrogen-bond acceptors (Lipinski definition) is 3. The van der Waals surface area contributed by atoms with Crippen molar-refractivity contribution < 1.29 is 9.47 Å². The van der Waals surface area contributed by atoms with Gasteiger partial charge >= 0.3 is 0 Å². The van der Waals surface area contributed by atoms with Crippen LogP contribution in [0.15, 0.2) is 0 Å². The van der Waals surface area contributed by atoms with E-state index < -0.39 is 0 Å². The summed E-state index contributed by atoms with van der Waals surface area (Å²) >= 11 is 0. The molecule has 0 bridgehead atoms. The Bertz CT molecular complexity index is 127. The molecule has 0 rings (SSSR count). The van der Waals surface area contributed by atoms with Crippen LogP contribution in [-0.2, 0) is 9.47 Å². The number of rotatable bonds is 10. The summed E-state index contributed by atoms with van der Waals surface area (Å²) in [5, 5.41) is 3.41. The number of unbranched alkanes of at least 4 members (excludes halogenated alkanes) is 3. The molecule has 0 aliphatic rings. The van der Waals surface area contributed by atoms with Crippen LogP contribution >= 0.6 is 0 Å². The summed E-state index contributed by atoms with van der Waals surface area (Å²) < 4.78 is 10.2. The Kier molecular flexibility index (Phi) is 10.3. The molecule has 1 unspecified atom stereocenters. The zero-order chi connectivity index (χ0) is 11.5. The molecule has 3 nitrogen and oxygen atoms in total. The van der Waals surface area contributed by atoms with Crippen molar-refractivity contribution in [2.24, 2.45) is 0 Å². The average Bonchev–Trinajstić information content (AvgIpc) is 2.26. The molecule has 1 atom stereocenters. The van der Waals surface area contributed by atoms with Gasteiger partial charge in [-0.2, -0.15) is 0 Å². The van der Waals surface area contributed by atoms with E-state index in [1.54, 1.807) is 14.2 Å². The second-order valence-corrected chi connectivity index (χ2v) is 4.06. The van der Waals surface area contributed by atoms with Crippen LogP contribution in [0.2, 0.25) is 0 Å². The van der Waals surface area contributed by atoms with E-state index in [2.05, 4.69) is 19.2 Å². The van der Waals surface area contributed by atoms with Gasteiger partial charge in [-0.05, 0) is 13.3 Å². The standard InChI is InChI=1S/C12H27NO2/c1-5-6-7-8-9-11(2)13-10-12(14-3)15-4/h11-13H,5-10H2,1-4H3. The van der Waals surface area contributed by atoms with E-state index in [9.17, 15) is 0 Å². The van der Waals surface area contributed by atoms with Crippen molar-refractivity contribution in [2.75, 3.05) is 20.8 Å². The third-order valence-electron chi connectivity index (χ3n) is 2.65. The van der Waals surface area contributed by atoms with Crippen molar-refractivity contribution in [3.8, 4) is 0 Å². The first-order valence-corrected chi connectivity index (χ1v) is 6.03. The highest BCUT2D eigenvalue weighted by Gasteiger charge is 2.07. The Morgan fingerprint density at radius 2 is 1.73 bits per heavy atom. The van der Waals surface area contributed by atoms with Gasteiger partial charge in [-0.1, -0.05) is 32.6 Å². The molecule has 0 aliphatic heterocycles. The third-order valence-corrected chi connectivity index (χ3v) is 2.65. The van der Waals surface area contributed by atoms with E-state index in [-0.39, 0.29) is 6.29 Å². The fourth-order valence-electron chi connectivity index (χ4n) is 1.54. The molecular formula is C12H27NO2. The Balaban J connectivity index is 3.35. The molecule has 0 heterocycles. The monoisotopic (exact) mass is 217 g/mol. The second kappa shape index (κ2) is 10.4. The lowest BCUT2D eigenvalue weighted by Gasteiger charge is -2.18. The van der Waals surface area contributed by atoms with Gasteiger partial charge in [-0.3, -0.25) is 0 Å². The number of hydrogen-bond donors (Lipinski definition) is 1. The van der Waals surface area contributed by atoms with Gasteiger partial charge in [0.25, 0.3) is 0 Å². The first kappa shape index (κ1) is 14.9. The fraction of sp³-hybridized carbons (Fsp3) is 1.00. The molecule has 0 aromatic heterocycles. The fourth-order valence-corrected chi connectivity index (χ4v) is 1.54. The van der Waals surface area contributed by atoms with Gasteiger partial charge in [-0.25, -0.2) is 0 Å². The maximum absolute atomic E-state index is 5.11. The zero-order valence-corrected chi connectivity index (χ0v) is 10.7. The lowest BCUT2D eigenvalue weighted by Crippen LogP contribution is -2.35. The van der Waals surface area contributed by atoms with Gasteiger partial charge in [0.05, 0.1) is 0 Å². The van der Waals surface area contributed by atoms with Crippen LogP contribution < -0.4 is 5.32 Å². The normalized spacial score (nSPS) is 13.4. The van der Waals surface area contributed by atoms with E-state index in [1.165, 1.54) is 32.1 Å². The highest BCUT2D eigenvalue weighted by molar-refractivity contribution is 4.62. The highest BCUT2D eigenvalue weighted by Crippen LogP contribution is 2.05. The zero-order valence-electron chi connectivity index (χ0n) is 10.7. The van der Waals surface area contributed by atoms with E-state index >= 15 is 0 Å². The summed E-state index contributed by atoms with van der Waals surface area (Å²) in [6.45, 7) is 5.22. The summed E-state index contributed by atoms with van der Waals surface area (Å²) in [6.07, 6.45) is 6.43. The molecule has 0 aromatic carbocycles. The highest BCUT2D eigenvalue weighted by atomic mass is 16.7. The largest absolute Gasteiger partial charge is 0.355 e. The van der Waals surface area contributed by atoms with Gasteiger partial charge in [0.2, 0.25) is 0 Å². The van der Waals surface area contributed by atoms with E-state index in [0.717, 1.165) is 6.54 Å². The molecule has 0 amide bonds. The Morgan fingerprint density at radius 3 is 2.27 bits per heavy atom. The van der Waals surface area contributed by atoms with Crippen molar-refractivity contribution >= 4 is 0 Å². The lowest BCUT2D eigenvalue weighted by atomic mass is 10.1. The first-order valence-electron chi connectivity index (χ1n) is 6.03. The minimum Gasteiger partial charge on any atom is -0.355 e. The smallest absolute Gasteiger partial charge is 0.169 e. The van der Waals surface area contributed by atoms with Crippen molar-refractivity contribution in [3.63, 3.8) is 0 Å². The summed E-state index contributed by atoms with van der Waals surface area (Å²) in [6, 6.07) is 0.551. The number of ether oxygens (including phenoxy) is 2. The molecule has 0 saturated carbocycles. The average molecular weight is 217 g/mol. The first-order chi connectivity index (χ1) is 7.24. The van der Waals surface area contributed by atoms with Crippen LogP contribution in [0.4, 0.5) is 0 Å². The van der Waals surface area contributed by atoms with Crippen LogP contribution in [0.5, 0.6) is 0 Å². The van der Waals surface area contributed by atoms with Gasteiger partial charge in [0.1, 0.15) is 0 Å². The molecule has 1 N–H and O–H groups in total. The second-order valence-electron chi connectivity index (χ2n) is 4.06. The third kappa shape index (κ3) is 8.85. The molecule has 0 aliphatic carbocycles. The molecule has 0 spiro atoms. The molecule has 0 saturated heterocycles. The van der Waals surface area contributed by atoms with Crippen LogP contribution in [-0.4, -0.2) is 33.1 Å². The van der Waals surface area contributed by atoms with Crippen molar-refractivity contribution in [3.05, 3.63) is 0 Å². The minimum atomic E-state index is -0.122. The van der Waals surface area contributed by atoms with Crippen molar-refractivity contribution in [1.29, 1.82) is 0 Å². The van der Waals surface area contributed by atoms with E-state index in [0.29, 0.717) is 6.04 Å².